The first-order valence-corrected chi connectivity index (χ1v) is 8.40. The average Bonchev–Trinajstić information content (AvgIpc) is 2.56. The predicted molar refractivity (Wildman–Crippen MR) is 87.5 cm³/mol. The van der Waals surface area contributed by atoms with Gasteiger partial charge in [0.2, 0.25) is 0 Å². The summed E-state index contributed by atoms with van der Waals surface area (Å²) >= 11 is 0. The van der Waals surface area contributed by atoms with Crippen molar-refractivity contribution >= 4 is 21.6 Å². The average molecular weight is 352 g/mol. The Balaban J connectivity index is 2.20. The van der Waals surface area contributed by atoms with Crippen LogP contribution in [-0.4, -0.2) is 33.0 Å². The molecule has 128 valence electrons. The minimum atomic E-state index is -3.78. The van der Waals surface area contributed by atoms with E-state index in [-0.39, 0.29) is 16.1 Å². The van der Waals surface area contributed by atoms with Crippen molar-refractivity contribution in [1.82, 2.24) is 4.47 Å². The number of carbonyl (C=O) groups is 1. The van der Waals surface area contributed by atoms with Crippen LogP contribution in [0.1, 0.15) is 15.9 Å². The number of benzene rings is 2. The van der Waals surface area contributed by atoms with Crippen LogP contribution in [0.15, 0.2) is 47.4 Å². The summed E-state index contributed by atoms with van der Waals surface area (Å²) in [6.07, 6.45) is 0. The molecule has 0 aliphatic heterocycles. The molecule has 0 bridgehead atoms. The monoisotopic (exact) mass is 352 g/mol. The predicted octanol–water partition coefficient (Wildman–Crippen LogP) is 2.57. The van der Waals surface area contributed by atoms with Crippen LogP contribution in [0, 0.1) is 12.7 Å². The first-order valence-electron chi connectivity index (χ1n) is 6.96. The van der Waals surface area contributed by atoms with E-state index in [1.54, 1.807) is 13.0 Å². The van der Waals surface area contributed by atoms with Crippen LogP contribution < -0.4 is 5.32 Å². The number of carbonyl (C=O) groups excluding carboxylic acids is 1. The molecule has 0 unspecified atom stereocenters. The SMILES string of the molecule is CON(C)S(=O)(=O)c1ccc(C(=O)Nc2ccc(C)cc2F)cc1. The number of aryl methyl sites for hydroxylation is 1. The molecular formula is C16H17FN2O4S. The molecule has 0 aliphatic carbocycles. The maximum Gasteiger partial charge on any atom is 0.264 e. The van der Waals surface area contributed by atoms with Crippen molar-refractivity contribution in [2.75, 3.05) is 19.5 Å². The Morgan fingerprint density at radius 2 is 1.79 bits per heavy atom. The normalized spacial score (nSPS) is 11.5. The van der Waals surface area contributed by atoms with Crippen LogP contribution in [0.2, 0.25) is 0 Å². The van der Waals surface area contributed by atoms with Crippen molar-refractivity contribution in [1.29, 1.82) is 0 Å². The molecular weight excluding hydrogens is 335 g/mol. The number of halogens is 1. The van der Waals surface area contributed by atoms with Crippen molar-refractivity contribution in [3.05, 3.63) is 59.4 Å². The summed E-state index contributed by atoms with van der Waals surface area (Å²) in [4.78, 5) is 16.8. The van der Waals surface area contributed by atoms with Crippen molar-refractivity contribution in [2.24, 2.45) is 0 Å². The summed E-state index contributed by atoms with van der Waals surface area (Å²) in [7, 11) is -1.29. The summed E-state index contributed by atoms with van der Waals surface area (Å²) in [5.74, 6) is -1.08. The highest BCUT2D eigenvalue weighted by molar-refractivity contribution is 7.89. The fourth-order valence-corrected chi connectivity index (χ4v) is 2.91. The number of nitrogens with one attached hydrogen (secondary N) is 1. The quantitative estimate of drug-likeness (QED) is 0.839. The van der Waals surface area contributed by atoms with Gasteiger partial charge in [0, 0.05) is 12.6 Å². The molecule has 0 atom stereocenters. The maximum atomic E-state index is 13.8. The molecule has 1 N–H and O–H groups in total. The van der Waals surface area contributed by atoms with E-state index in [2.05, 4.69) is 10.2 Å². The van der Waals surface area contributed by atoms with E-state index >= 15 is 0 Å². The Labute approximate surface area is 139 Å². The van der Waals surface area contributed by atoms with Crippen LogP contribution in [-0.2, 0) is 14.9 Å². The molecule has 0 fully saturated rings. The molecule has 2 aromatic rings. The van der Waals surface area contributed by atoms with Gasteiger partial charge in [0.25, 0.3) is 15.9 Å². The molecule has 1 amide bonds. The molecule has 0 spiro atoms. The first kappa shape index (κ1) is 18.1. The minimum absolute atomic E-state index is 0.0232. The summed E-state index contributed by atoms with van der Waals surface area (Å²) in [6.45, 7) is 1.74. The molecule has 2 aromatic carbocycles. The molecule has 8 heteroatoms. The van der Waals surface area contributed by atoms with Gasteiger partial charge in [0.05, 0.1) is 17.7 Å². The second-order valence-corrected chi connectivity index (χ2v) is 6.99. The Bertz CT molecular complexity index is 851. The molecule has 0 saturated heterocycles. The second-order valence-electron chi connectivity index (χ2n) is 5.06. The van der Waals surface area contributed by atoms with E-state index in [4.69, 9.17) is 0 Å². The topological polar surface area (TPSA) is 75.7 Å². The highest BCUT2D eigenvalue weighted by Crippen LogP contribution is 2.18. The van der Waals surface area contributed by atoms with Gasteiger partial charge >= 0.3 is 0 Å². The lowest BCUT2D eigenvalue weighted by Crippen LogP contribution is -2.25. The van der Waals surface area contributed by atoms with E-state index < -0.39 is 21.7 Å². The molecule has 0 heterocycles. The van der Waals surface area contributed by atoms with Gasteiger partial charge in [0.15, 0.2) is 0 Å². The van der Waals surface area contributed by atoms with Crippen molar-refractivity contribution in [3.63, 3.8) is 0 Å². The van der Waals surface area contributed by atoms with Crippen LogP contribution in [0.25, 0.3) is 0 Å². The van der Waals surface area contributed by atoms with E-state index in [0.29, 0.717) is 4.47 Å². The molecule has 2 rings (SSSR count). The largest absolute Gasteiger partial charge is 0.319 e. The second kappa shape index (κ2) is 7.08. The third-order valence-electron chi connectivity index (χ3n) is 3.38. The molecule has 24 heavy (non-hydrogen) atoms. The Morgan fingerprint density at radius 3 is 2.33 bits per heavy atom. The van der Waals surface area contributed by atoms with Gasteiger partial charge in [-0.1, -0.05) is 10.5 Å². The van der Waals surface area contributed by atoms with Gasteiger partial charge in [-0.2, -0.15) is 0 Å². The van der Waals surface area contributed by atoms with Crippen molar-refractivity contribution < 1.29 is 22.4 Å². The number of hydrogen-bond donors (Lipinski definition) is 1. The Kier molecular flexibility index (Phi) is 5.33. The Morgan fingerprint density at radius 1 is 1.17 bits per heavy atom. The number of anilines is 1. The number of amides is 1. The summed E-state index contributed by atoms with van der Waals surface area (Å²) in [5, 5.41) is 2.45. The van der Waals surface area contributed by atoms with Crippen LogP contribution in [0.3, 0.4) is 0 Å². The van der Waals surface area contributed by atoms with Crippen LogP contribution in [0.4, 0.5) is 10.1 Å². The molecule has 0 radical (unpaired) electrons. The minimum Gasteiger partial charge on any atom is -0.319 e. The first-order chi connectivity index (χ1) is 11.3. The fourth-order valence-electron chi connectivity index (χ4n) is 1.94. The molecule has 6 nitrogen and oxygen atoms in total. The van der Waals surface area contributed by atoms with Crippen LogP contribution >= 0.6 is 0 Å². The molecule has 0 aliphatic rings. The summed E-state index contributed by atoms with van der Waals surface area (Å²) in [5.41, 5.74) is 0.998. The van der Waals surface area contributed by atoms with Crippen molar-refractivity contribution in [3.8, 4) is 0 Å². The van der Waals surface area contributed by atoms with Crippen molar-refractivity contribution in [2.45, 2.75) is 11.8 Å². The van der Waals surface area contributed by atoms with Crippen LogP contribution in [0.5, 0.6) is 0 Å². The number of nitrogens with zero attached hydrogens (tertiary/aromatic N) is 1. The number of rotatable bonds is 5. The fraction of sp³-hybridized carbons (Fsp3) is 0.188. The zero-order valence-corrected chi connectivity index (χ0v) is 14.2. The smallest absolute Gasteiger partial charge is 0.264 e. The number of sulfonamides is 1. The third kappa shape index (κ3) is 3.78. The Hall–Kier alpha value is -2.29. The standard InChI is InChI=1S/C16H17FN2O4S/c1-11-4-9-15(14(17)10-11)18-16(20)12-5-7-13(8-6-12)24(21,22)19(2)23-3/h4-10H,1-3H3,(H,18,20). The molecule has 0 saturated carbocycles. The summed E-state index contributed by atoms with van der Waals surface area (Å²) < 4.78 is 38.6. The van der Waals surface area contributed by atoms with Gasteiger partial charge in [-0.25, -0.2) is 12.8 Å². The zero-order chi connectivity index (χ0) is 17.9. The molecule has 0 aromatic heterocycles. The van der Waals surface area contributed by atoms with Gasteiger partial charge < -0.3 is 5.32 Å². The lowest BCUT2D eigenvalue weighted by molar-refractivity contribution is -0.0258. The van der Waals surface area contributed by atoms with E-state index in [0.717, 1.165) is 5.56 Å². The van der Waals surface area contributed by atoms with E-state index in [1.807, 2.05) is 0 Å². The van der Waals surface area contributed by atoms with Gasteiger partial charge in [-0.05, 0) is 48.9 Å². The highest BCUT2D eigenvalue weighted by Gasteiger charge is 2.21. The van der Waals surface area contributed by atoms with Gasteiger partial charge in [0.1, 0.15) is 5.82 Å². The number of hydroxylamine groups is 1. The maximum absolute atomic E-state index is 13.8. The van der Waals surface area contributed by atoms with Gasteiger partial charge in [-0.15, -0.1) is 0 Å². The lowest BCUT2D eigenvalue weighted by atomic mass is 10.2. The lowest BCUT2D eigenvalue weighted by Gasteiger charge is -2.14. The van der Waals surface area contributed by atoms with Gasteiger partial charge in [-0.3, -0.25) is 9.63 Å². The van der Waals surface area contributed by atoms with E-state index in [1.165, 1.54) is 50.6 Å². The summed E-state index contributed by atoms with van der Waals surface area (Å²) in [6, 6.07) is 9.71. The third-order valence-corrected chi connectivity index (χ3v) is 5.08. The number of hydrogen-bond acceptors (Lipinski definition) is 4. The highest BCUT2D eigenvalue weighted by atomic mass is 32.2. The zero-order valence-electron chi connectivity index (χ0n) is 13.4. The van der Waals surface area contributed by atoms with E-state index in [9.17, 15) is 17.6 Å².